The molecule has 0 saturated carbocycles. The molecule has 112 valence electrons. The molecule has 0 aliphatic carbocycles. The molecule has 1 heterocycles. The number of anilines is 2. The van der Waals surface area contributed by atoms with Gasteiger partial charge in [0.2, 0.25) is 0 Å². The number of aromatic nitrogens is 2. The maximum atomic E-state index is 6.06. The minimum atomic E-state index is 0.281. The predicted molar refractivity (Wildman–Crippen MR) is 86.7 cm³/mol. The third-order valence-corrected chi connectivity index (χ3v) is 3.56. The number of nitrogens with zero attached hydrogens (tertiary/aromatic N) is 3. The molecule has 0 atom stereocenters. The molecule has 0 unspecified atom stereocenters. The van der Waals surface area contributed by atoms with Gasteiger partial charge < -0.3 is 9.64 Å². The number of hydrogen-bond acceptors (Lipinski definition) is 4. The van der Waals surface area contributed by atoms with Crippen LogP contribution in [0.5, 0.6) is 5.75 Å². The van der Waals surface area contributed by atoms with Crippen LogP contribution in [0.15, 0.2) is 30.5 Å². The Hall–Kier alpha value is -1.81. The van der Waals surface area contributed by atoms with Crippen molar-refractivity contribution in [2.24, 2.45) is 0 Å². The predicted octanol–water partition coefficient (Wildman–Crippen LogP) is 4.12. The zero-order chi connectivity index (χ0) is 15.4. The molecule has 0 aliphatic rings. The van der Waals surface area contributed by atoms with Gasteiger partial charge in [0.05, 0.1) is 30.6 Å². The zero-order valence-corrected chi connectivity index (χ0v) is 13.6. The first-order valence-corrected chi connectivity index (χ1v) is 7.39. The average molecular weight is 306 g/mol. The Morgan fingerprint density at radius 2 is 2.10 bits per heavy atom. The number of alkyl halides is 1. The van der Waals surface area contributed by atoms with Gasteiger partial charge in [-0.2, -0.15) is 0 Å². The van der Waals surface area contributed by atoms with Crippen molar-refractivity contribution in [3.05, 3.63) is 42.0 Å². The molecule has 0 aliphatic heterocycles. The first-order valence-electron chi connectivity index (χ1n) is 6.86. The van der Waals surface area contributed by atoms with Crippen LogP contribution < -0.4 is 9.64 Å². The van der Waals surface area contributed by atoms with Crippen LogP contribution in [0, 0.1) is 0 Å². The molecule has 0 spiro atoms. The zero-order valence-electron chi connectivity index (χ0n) is 12.8. The molecule has 2 rings (SSSR count). The summed E-state index contributed by atoms with van der Waals surface area (Å²) in [4.78, 5) is 11.0. The molecule has 1 aromatic heterocycles. The monoisotopic (exact) mass is 305 g/mol. The van der Waals surface area contributed by atoms with Crippen LogP contribution in [0.3, 0.4) is 0 Å². The summed E-state index contributed by atoms with van der Waals surface area (Å²) in [5.74, 6) is 2.26. The highest BCUT2D eigenvalue weighted by Crippen LogP contribution is 2.29. The van der Waals surface area contributed by atoms with Crippen LogP contribution in [0.4, 0.5) is 11.4 Å². The van der Waals surface area contributed by atoms with E-state index in [1.54, 1.807) is 7.11 Å². The Kier molecular flexibility index (Phi) is 5.02. The van der Waals surface area contributed by atoms with E-state index in [0.717, 1.165) is 28.6 Å². The molecule has 0 radical (unpaired) electrons. The smallest absolute Gasteiger partial charge is 0.131 e. The van der Waals surface area contributed by atoms with Gasteiger partial charge in [-0.05, 0) is 12.1 Å². The number of halogens is 1. The first-order chi connectivity index (χ1) is 10.1. The molecular formula is C16H20ClN3O. The first kappa shape index (κ1) is 15.6. The van der Waals surface area contributed by atoms with Crippen molar-refractivity contribution in [3.63, 3.8) is 0 Å². The lowest BCUT2D eigenvalue weighted by Crippen LogP contribution is -2.14. The summed E-state index contributed by atoms with van der Waals surface area (Å²) in [5, 5.41) is 0. The molecule has 0 N–H and O–H groups in total. The van der Waals surface area contributed by atoms with Gasteiger partial charge in [0.15, 0.2) is 0 Å². The van der Waals surface area contributed by atoms with Crippen LogP contribution in [0.2, 0.25) is 0 Å². The molecule has 0 saturated heterocycles. The fraction of sp³-hybridized carbons (Fsp3) is 0.375. The van der Waals surface area contributed by atoms with Gasteiger partial charge in [0, 0.05) is 24.7 Å². The van der Waals surface area contributed by atoms with Crippen molar-refractivity contribution in [1.82, 2.24) is 9.97 Å². The van der Waals surface area contributed by atoms with E-state index >= 15 is 0 Å². The summed E-state index contributed by atoms with van der Waals surface area (Å²) in [6.07, 6.45) is 1.83. The minimum absolute atomic E-state index is 0.281. The van der Waals surface area contributed by atoms with E-state index in [9.17, 15) is 0 Å². The second-order valence-electron chi connectivity index (χ2n) is 5.11. The molecule has 0 amide bonds. The summed E-state index contributed by atoms with van der Waals surface area (Å²) in [6.45, 7) is 4.14. The standard InChI is InChI=1S/C16H20ClN3O/c1-11(2)16-18-10-15(14(9-17)19-16)20(3)12-6-5-7-13(8-12)21-4/h5-8,10-11H,9H2,1-4H3. The van der Waals surface area contributed by atoms with Crippen LogP contribution >= 0.6 is 11.6 Å². The van der Waals surface area contributed by atoms with Crippen LogP contribution in [-0.2, 0) is 5.88 Å². The van der Waals surface area contributed by atoms with Crippen molar-refractivity contribution in [3.8, 4) is 5.75 Å². The summed E-state index contributed by atoms with van der Waals surface area (Å²) in [6, 6.07) is 7.85. The number of rotatable bonds is 5. The van der Waals surface area contributed by atoms with E-state index in [4.69, 9.17) is 16.3 Å². The fourth-order valence-electron chi connectivity index (χ4n) is 2.04. The van der Waals surface area contributed by atoms with Crippen LogP contribution in [0.25, 0.3) is 0 Å². The normalized spacial score (nSPS) is 10.8. The lowest BCUT2D eigenvalue weighted by molar-refractivity contribution is 0.415. The molecule has 21 heavy (non-hydrogen) atoms. The van der Waals surface area contributed by atoms with Gasteiger partial charge >= 0.3 is 0 Å². The summed E-state index contributed by atoms with van der Waals surface area (Å²) >= 11 is 6.06. The van der Waals surface area contributed by atoms with Crippen molar-refractivity contribution in [1.29, 1.82) is 0 Å². The third-order valence-electron chi connectivity index (χ3n) is 3.31. The van der Waals surface area contributed by atoms with Gasteiger partial charge in [-0.3, -0.25) is 0 Å². The lowest BCUT2D eigenvalue weighted by Gasteiger charge is -2.22. The second kappa shape index (κ2) is 6.76. The van der Waals surface area contributed by atoms with E-state index in [0.29, 0.717) is 5.88 Å². The largest absolute Gasteiger partial charge is 0.497 e. The highest BCUT2D eigenvalue weighted by Gasteiger charge is 2.14. The minimum Gasteiger partial charge on any atom is -0.497 e. The van der Waals surface area contributed by atoms with Crippen molar-refractivity contribution >= 4 is 23.0 Å². The summed E-state index contributed by atoms with van der Waals surface area (Å²) in [7, 11) is 3.63. The Bertz CT molecular complexity index is 616. The Balaban J connectivity index is 2.40. The van der Waals surface area contributed by atoms with Crippen LogP contribution in [0.1, 0.15) is 31.3 Å². The summed E-state index contributed by atoms with van der Waals surface area (Å²) in [5.41, 5.74) is 2.74. The van der Waals surface area contributed by atoms with Gasteiger partial charge in [-0.15, -0.1) is 11.6 Å². The third kappa shape index (κ3) is 3.45. The Morgan fingerprint density at radius 1 is 1.33 bits per heavy atom. The number of hydrogen-bond donors (Lipinski definition) is 0. The molecular weight excluding hydrogens is 286 g/mol. The second-order valence-corrected chi connectivity index (χ2v) is 5.38. The van der Waals surface area contributed by atoms with Gasteiger partial charge in [0.1, 0.15) is 11.6 Å². The average Bonchev–Trinajstić information content (AvgIpc) is 2.53. The number of methoxy groups -OCH3 is 1. The molecule has 5 heteroatoms. The van der Waals surface area contributed by atoms with Gasteiger partial charge in [-0.1, -0.05) is 19.9 Å². The Morgan fingerprint density at radius 3 is 2.71 bits per heavy atom. The van der Waals surface area contributed by atoms with Crippen molar-refractivity contribution < 1.29 is 4.74 Å². The SMILES string of the molecule is COc1cccc(N(C)c2cnc(C(C)C)nc2CCl)c1. The molecule has 0 fully saturated rings. The van der Waals surface area contributed by atoms with Crippen molar-refractivity contribution in [2.75, 3.05) is 19.1 Å². The highest BCUT2D eigenvalue weighted by molar-refractivity contribution is 6.17. The molecule has 4 nitrogen and oxygen atoms in total. The fourth-order valence-corrected chi connectivity index (χ4v) is 2.24. The van der Waals surface area contributed by atoms with Crippen molar-refractivity contribution in [2.45, 2.75) is 25.6 Å². The molecule has 0 bridgehead atoms. The van der Waals surface area contributed by atoms with E-state index in [-0.39, 0.29) is 5.92 Å². The van der Waals surface area contributed by atoms with Gasteiger partial charge in [0.25, 0.3) is 0 Å². The van der Waals surface area contributed by atoms with E-state index in [2.05, 4.69) is 23.8 Å². The Labute approximate surface area is 130 Å². The van der Waals surface area contributed by atoms with E-state index in [1.165, 1.54) is 0 Å². The van der Waals surface area contributed by atoms with Gasteiger partial charge in [-0.25, -0.2) is 9.97 Å². The highest BCUT2D eigenvalue weighted by atomic mass is 35.5. The van der Waals surface area contributed by atoms with Crippen LogP contribution in [-0.4, -0.2) is 24.1 Å². The maximum absolute atomic E-state index is 6.06. The van der Waals surface area contributed by atoms with E-state index in [1.807, 2.05) is 42.4 Å². The number of benzene rings is 1. The molecule has 1 aromatic carbocycles. The summed E-state index contributed by atoms with van der Waals surface area (Å²) < 4.78 is 5.26. The topological polar surface area (TPSA) is 38.2 Å². The van der Waals surface area contributed by atoms with E-state index < -0.39 is 0 Å². The number of ether oxygens (including phenoxy) is 1. The quantitative estimate of drug-likeness (QED) is 0.779. The molecule has 2 aromatic rings. The lowest BCUT2D eigenvalue weighted by atomic mass is 10.2. The maximum Gasteiger partial charge on any atom is 0.131 e.